The number of carboxylic acid groups (broad SMARTS) is 1. The number of fused-ring (bicyclic) bond motifs is 1. The minimum absolute atomic E-state index is 0.141. The lowest BCUT2D eigenvalue weighted by atomic mass is 9.83. The fourth-order valence-corrected chi connectivity index (χ4v) is 4.93. The molecule has 0 bridgehead atoms. The Balaban J connectivity index is 1.40. The summed E-state index contributed by atoms with van der Waals surface area (Å²) in [6.07, 6.45) is 5.35. The molecule has 0 amide bonds. The van der Waals surface area contributed by atoms with Crippen LogP contribution in [0.2, 0.25) is 0 Å². The highest BCUT2D eigenvalue weighted by atomic mass is 32.1. The first-order chi connectivity index (χ1) is 14.9. The van der Waals surface area contributed by atoms with Crippen molar-refractivity contribution in [2.75, 3.05) is 31.6 Å². The summed E-state index contributed by atoms with van der Waals surface area (Å²) in [4.78, 5) is 18.0. The van der Waals surface area contributed by atoms with Gasteiger partial charge in [0.1, 0.15) is 17.1 Å². The van der Waals surface area contributed by atoms with Crippen LogP contribution in [0.25, 0.3) is 0 Å². The lowest BCUT2D eigenvalue weighted by Gasteiger charge is -2.44. The van der Waals surface area contributed by atoms with E-state index in [0.717, 1.165) is 66.1 Å². The van der Waals surface area contributed by atoms with Crippen LogP contribution < -0.4 is 25.9 Å². The standard InChI is InChI=1S/C20H26N6O4S/c1-29-14-3-2-4-15-13(14)5-6-20(30-15)7-9-25(10-8-20)19-23-11-16(31-19)18(21)24-26(22)12-17(27)28/h2-4,11H,5-10,12,22H2,1H3,(H2,21,24)(H,27,28). The second-order valence-corrected chi connectivity index (χ2v) is 8.70. The van der Waals surface area contributed by atoms with Gasteiger partial charge in [-0.2, -0.15) is 0 Å². The van der Waals surface area contributed by atoms with Gasteiger partial charge >= 0.3 is 5.97 Å². The van der Waals surface area contributed by atoms with Crippen LogP contribution in [0.5, 0.6) is 11.5 Å². The number of hydrogen-bond donors (Lipinski definition) is 3. The van der Waals surface area contributed by atoms with Gasteiger partial charge in [0.2, 0.25) is 0 Å². The van der Waals surface area contributed by atoms with Crippen molar-refractivity contribution in [2.45, 2.75) is 31.3 Å². The van der Waals surface area contributed by atoms with Crippen LogP contribution in [0.1, 0.15) is 29.7 Å². The Labute approximate surface area is 184 Å². The fraction of sp³-hybridized carbons (Fsp3) is 0.450. The van der Waals surface area contributed by atoms with Gasteiger partial charge in [-0.3, -0.25) is 4.79 Å². The van der Waals surface area contributed by atoms with E-state index in [1.807, 2.05) is 18.2 Å². The number of aliphatic carboxylic acids is 1. The summed E-state index contributed by atoms with van der Waals surface area (Å²) >= 11 is 1.41. The van der Waals surface area contributed by atoms with E-state index in [0.29, 0.717) is 4.88 Å². The number of piperidine rings is 1. The number of carbonyl (C=O) groups is 1. The Morgan fingerprint density at radius 2 is 2.19 bits per heavy atom. The molecule has 1 saturated heterocycles. The highest BCUT2D eigenvalue weighted by molar-refractivity contribution is 7.17. The molecule has 31 heavy (non-hydrogen) atoms. The summed E-state index contributed by atoms with van der Waals surface area (Å²) in [5, 5.41) is 14.3. The van der Waals surface area contributed by atoms with Crippen molar-refractivity contribution in [3.05, 3.63) is 34.8 Å². The largest absolute Gasteiger partial charge is 0.496 e. The lowest BCUT2D eigenvalue weighted by molar-refractivity contribution is -0.138. The van der Waals surface area contributed by atoms with Crippen molar-refractivity contribution in [1.29, 1.82) is 0 Å². The normalized spacial score (nSPS) is 17.7. The molecule has 166 valence electrons. The Bertz CT molecular complexity index is 986. The van der Waals surface area contributed by atoms with Gasteiger partial charge in [0, 0.05) is 31.5 Å². The van der Waals surface area contributed by atoms with E-state index in [1.165, 1.54) is 11.3 Å². The maximum Gasteiger partial charge on any atom is 0.326 e. The smallest absolute Gasteiger partial charge is 0.326 e. The number of hydrazone groups is 1. The van der Waals surface area contributed by atoms with Gasteiger partial charge in [0.15, 0.2) is 17.5 Å². The molecule has 5 N–H and O–H groups in total. The van der Waals surface area contributed by atoms with Crippen LogP contribution in [0.15, 0.2) is 29.5 Å². The molecule has 1 aromatic heterocycles. The van der Waals surface area contributed by atoms with E-state index in [2.05, 4.69) is 15.0 Å². The van der Waals surface area contributed by atoms with Crippen molar-refractivity contribution in [3.63, 3.8) is 0 Å². The number of nitrogens with two attached hydrogens (primary N) is 2. The summed E-state index contributed by atoms with van der Waals surface area (Å²) in [5.41, 5.74) is 6.94. The zero-order valence-corrected chi connectivity index (χ0v) is 18.1. The van der Waals surface area contributed by atoms with Crippen LogP contribution in [0, 0.1) is 0 Å². The van der Waals surface area contributed by atoms with Crippen LogP contribution in [0.4, 0.5) is 5.13 Å². The van der Waals surface area contributed by atoms with Crippen LogP contribution >= 0.6 is 11.3 Å². The monoisotopic (exact) mass is 446 g/mol. The summed E-state index contributed by atoms with van der Waals surface area (Å²) in [7, 11) is 1.69. The van der Waals surface area contributed by atoms with Gasteiger partial charge in [0.05, 0.1) is 18.2 Å². The highest BCUT2D eigenvalue weighted by Crippen LogP contribution is 2.43. The maximum atomic E-state index is 10.7. The Kier molecular flexibility index (Phi) is 5.88. The lowest BCUT2D eigenvalue weighted by Crippen LogP contribution is -2.49. The maximum absolute atomic E-state index is 10.7. The Morgan fingerprint density at radius 3 is 2.90 bits per heavy atom. The Morgan fingerprint density at radius 1 is 1.42 bits per heavy atom. The molecule has 0 saturated carbocycles. The zero-order valence-electron chi connectivity index (χ0n) is 17.3. The molecule has 1 spiro atoms. The molecule has 0 atom stereocenters. The van der Waals surface area contributed by atoms with E-state index >= 15 is 0 Å². The predicted octanol–water partition coefficient (Wildman–Crippen LogP) is 1.40. The Hall–Kier alpha value is -3.05. The van der Waals surface area contributed by atoms with E-state index in [-0.39, 0.29) is 11.4 Å². The molecular weight excluding hydrogens is 420 g/mol. The van der Waals surface area contributed by atoms with Crippen molar-refractivity contribution >= 4 is 28.3 Å². The molecule has 2 aliphatic heterocycles. The van der Waals surface area contributed by atoms with Crippen LogP contribution in [-0.2, 0) is 11.2 Å². The molecule has 2 aromatic rings. The average molecular weight is 447 g/mol. The molecule has 10 nitrogen and oxygen atoms in total. The SMILES string of the molecule is COc1cccc2c1CCC1(CCN(c3ncc(/C(N)=N/N(N)CC(=O)O)s3)CC1)O2. The number of nitrogens with zero attached hydrogens (tertiary/aromatic N) is 4. The first-order valence-corrected chi connectivity index (χ1v) is 10.8. The molecular formula is C20H26N6O4S. The second kappa shape index (κ2) is 8.60. The van der Waals surface area contributed by atoms with Crippen LogP contribution in [0.3, 0.4) is 0 Å². The van der Waals surface area contributed by atoms with E-state index in [1.54, 1.807) is 13.3 Å². The molecule has 1 aromatic carbocycles. The summed E-state index contributed by atoms with van der Waals surface area (Å²) in [6, 6.07) is 5.96. The van der Waals surface area contributed by atoms with Gasteiger partial charge in [-0.25, -0.2) is 15.9 Å². The molecule has 3 heterocycles. The summed E-state index contributed by atoms with van der Waals surface area (Å²) < 4.78 is 11.9. The van der Waals surface area contributed by atoms with Crippen molar-refractivity contribution in [2.24, 2.45) is 16.7 Å². The number of carboxylic acids is 1. The number of rotatable bonds is 6. The minimum atomic E-state index is -1.09. The van der Waals surface area contributed by atoms with E-state index in [4.69, 9.17) is 26.2 Å². The number of ether oxygens (including phenoxy) is 2. The average Bonchev–Trinajstić information content (AvgIpc) is 3.23. The third-order valence-electron chi connectivity index (χ3n) is 5.69. The zero-order chi connectivity index (χ0) is 22.0. The number of hydrogen-bond acceptors (Lipinski definition) is 9. The fourth-order valence-electron chi connectivity index (χ4n) is 4.06. The quantitative estimate of drug-likeness (QED) is 0.260. The van der Waals surface area contributed by atoms with Crippen LogP contribution in [-0.4, -0.2) is 59.4 Å². The molecule has 2 aliphatic rings. The first-order valence-electron chi connectivity index (χ1n) is 10.0. The number of benzene rings is 1. The third kappa shape index (κ3) is 4.52. The van der Waals surface area contributed by atoms with Gasteiger partial charge in [-0.15, -0.1) is 5.10 Å². The number of methoxy groups -OCH3 is 1. The van der Waals surface area contributed by atoms with Crippen molar-refractivity contribution in [3.8, 4) is 11.5 Å². The summed E-state index contributed by atoms with van der Waals surface area (Å²) in [5.74, 6) is 6.40. The van der Waals surface area contributed by atoms with Gasteiger partial charge < -0.3 is 25.2 Å². The number of aromatic nitrogens is 1. The van der Waals surface area contributed by atoms with Crippen molar-refractivity contribution < 1.29 is 19.4 Å². The predicted molar refractivity (Wildman–Crippen MR) is 117 cm³/mol. The number of amidine groups is 1. The number of thiazole rings is 1. The molecule has 0 radical (unpaired) electrons. The highest BCUT2D eigenvalue weighted by Gasteiger charge is 2.40. The first kappa shape index (κ1) is 21.2. The number of anilines is 1. The minimum Gasteiger partial charge on any atom is -0.496 e. The summed E-state index contributed by atoms with van der Waals surface area (Å²) in [6.45, 7) is 1.21. The molecule has 0 unspecified atom stereocenters. The van der Waals surface area contributed by atoms with Gasteiger partial charge in [0.25, 0.3) is 0 Å². The van der Waals surface area contributed by atoms with Gasteiger partial charge in [-0.1, -0.05) is 17.4 Å². The van der Waals surface area contributed by atoms with E-state index < -0.39 is 12.5 Å². The molecule has 0 aliphatic carbocycles. The second-order valence-electron chi connectivity index (χ2n) is 7.69. The number of hydrazine groups is 1. The van der Waals surface area contributed by atoms with Gasteiger partial charge in [-0.05, 0) is 25.0 Å². The third-order valence-corrected chi connectivity index (χ3v) is 6.77. The van der Waals surface area contributed by atoms with E-state index in [9.17, 15) is 4.79 Å². The molecule has 11 heteroatoms. The molecule has 4 rings (SSSR count). The molecule has 1 fully saturated rings. The topological polar surface area (TPSA) is 140 Å². The van der Waals surface area contributed by atoms with Crippen molar-refractivity contribution in [1.82, 2.24) is 10.1 Å².